The smallest absolute Gasteiger partial charge is 0.407 e. The molecule has 4 heteroatoms. The van der Waals surface area contributed by atoms with Crippen LogP contribution in [-0.4, -0.2) is 23.3 Å². The molecule has 0 unspecified atom stereocenters. The fourth-order valence-corrected chi connectivity index (χ4v) is 2.05. The van der Waals surface area contributed by atoms with Gasteiger partial charge in [0.2, 0.25) is 0 Å². The molecule has 1 amide bonds. The first-order valence-corrected chi connectivity index (χ1v) is 6.69. The van der Waals surface area contributed by atoms with Crippen molar-refractivity contribution in [3.05, 3.63) is 35.9 Å². The topological polar surface area (TPSA) is 58.6 Å². The summed E-state index contributed by atoms with van der Waals surface area (Å²) < 4.78 is 5.18. The predicted octanol–water partition coefficient (Wildman–Crippen LogP) is 2.85. The van der Waals surface area contributed by atoms with Gasteiger partial charge in [0.15, 0.2) is 0 Å². The quantitative estimate of drug-likeness (QED) is 0.797. The Morgan fingerprint density at radius 1 is 1.32 bits per heavy atom. The lowest BCUT2D eigenvalue weighted by Crippen LogP contribution is -2.46. The fraction of sp³-hybridized carbons (Fsp3) is 0.533. The van der Waals surface area contributed by atoms with Crippen LogP contribution in [-0.2, 0) is 11.3 Å². The predicted molar refractivity (Wildman–Crippen MR) is 74.8 cm³/mol. The van der Waals surface area contributed by atoms with E-state index in [9.17, 15) is 4.79 Å². The van der Waals surface area contributed by atoms with Gasteiger partial charge in [-0.15, -0.1) is 0 Å². The highest BCUT2D eigenvalue weighted by Gasteiger charge is 2.25. The van der Waals surface area contributed by atoms with Crippen LogP contribution in [0.15, 0.2) is 30.3 Å². The number of rotatable bonds is 7. The van der Waals surface area contributed by atoms with Crippen LogP contribution in [0.3, 0.4) is 0 Å². The van der Waals surface area contributed by atoms with Gasteiger partial charge in [0.05, 0.1) is 0 Å². The molecule has 0 aliphatic carbocycles. The molecule has 0 radical (unpaired) electrons. The maximum absolute atomic E-state index is 11.8. The van der Waals surface area contributed by atoms with E-state index in [0.29, 0.717) is 6.42 Å². The van der Waals surface area contributed by atoms with Crippen molar-refractivity contribution in [2.45, 2.75) is 45.3 Å². The lowest BCUT2D eigenvalue weighted by atomic mass is 9.93. The minimum atomic E-state index is -0.437. The number of nitrogens with one attached hydrogen (secondary N) is 1. The number of aliphatic hydroxyl groups is 1. The lowest BCUT2D eigenvalue weighted by Gasteiger charge is -2.29. The summed E-state index contributed by atoms with van der Waals surface area (Å²) in [6, 6.07) is 9.55. The SMILES string of the molecule is CCC[C@@](C)(CCO)NC(=O)OCc1ccccc1. The molecule has 0 fully saturated rings. The van der Waals surface area contributed by atoms with Crippen molar-refractivity contribution in [1.82, 2.24) is 5.32 Å². The van der Waals surface area contributed by atoms with E-state index < -0.39 is 11.6 Å². The van der Waals surface area contributed by atoms with Crippen LogP contribution in [0.5, 0.6) is 0 Å². The van der Waals surface area contributed by atoms with Crippen LogP contribution in [0.4, 0.5) is 4.79 Å². The molecule has 0 spiro atoms. The summed E-state index contributed by atoms with van der Waals surface area (Å²) in [6.45, 7) is 4.28. The third-order valence-electron chi connectivity index (χ3n) is 3.08. The molecule has 0 bridgehead atoms. The molecule has 0 saturated carbocycles. The van der Waals surface area contributed by atoms with Crippen molar-refractivity contribution in [3.63, 3.8) is 0 Å². The van der Waals surface area contributed by atoms with Crippen molar-refractivity contribution in [2.75, 3.05) is 6.61 Å². The highest BCUT2D eigenvalue weighted by Crippen LogP contribution is 2.16. The van der Waals surface area contributed by atoms with E-state index in [4.69, 9.17) is 9.84 Å². The number of aliphatic hydroxyl groups excluding tert-OH is 1. The lowest BCUT2D eigenvalue weighted by molar-refractivity contribution is 0.120. The number of amides is 1. The fourth-order valence-electron chi connectivity index (χ4n) is 2.05. The monoisotopic (exact) mass is 265 g/mol. The molecular weight excluding hydrogens is 242 g/mol. The second-order valence-electron chi connectivity index (χ2n) is 4.97. The zero-order chi connectivity index (χ0) is 14.1. The van der Waals surface area contributed by atoms with Crippen molar-refractivity contribution >= 4 is 6.09 Å². The Balaban J connectivity index is 2.44. The Morgan fingerprint density at radius 2 is 2.00 bits per heavy atom. The number of carbonyl (C=O) groups excluding carboxylic acids is 1. The van der Waals surface area contributed by atoms with Gasteiger partial charge in [-0.05, 0) is 25.3 Å². The molecule has 0 heterocycles. The molecular formula is C15H23NO3. The summed E-state index contributed by atoms with van der Waals surface area (Å²) in [6.07, 6.45) is 1.85. The largest absolute Gasteiger partial charge is 0.445 e. The van der Waals surface area contributed by atoms with Gasteiger partial charge in [0.25, 0.3) is 0 Å². The summed E-state index contributed by atoms with van der Waals surface area (Å²) in [4.78, 5) is 11.8. The summed E-state index contributed by atoms with van der Waals surface area (Å²) in [7, 11) is 0. The third-order valence-corrected chi connectivity index (χ3v) is 3.08. The van der Waals surface area contributed by atoms with E-state index in [1.54, 1.807) is 0 Å². The van der Waals surface area contributed by atoms with E-state index in [2.05, 4.69) is 5.32 Å². The van der Waals surface area contributed by atoms with Crippen LogP contribution in [0, 0.1) is 0 Å². The first-order valence-electron chi connectivity index (χ1n) is 6.69. The standard InChI is InChI=1S/C15H23NO3/c1-3-9-15(2,10-11-17)16-14(18)19-12-13-7-5-4-6-8-13/h4-8,17H,3,9-12H2,1-2H3,(H,16,18)/t15-/m0/s1. The van der Waals surface area contributed by atoms with Crippen molar-refractivity contribution < 1.29 is 14.6 Å². The minimum Gasteiger partial charge on any atom is -0.445 e. The van der Waals surface area contributed by atoms with Crippen LogP contribution in [0.25, 0.3) is 0 Å². The number of hydrogen-bond donors (Lipinski definition) is 2. The van der Waals surface area contributed by atoms with E-state index in [1.165, 1.54) is 0 Å². The summed E-state index contributed by atoms with van der Waals surface area (Å²) in [5.74, 6) is 0. The Labute approximate surface area is 114 Å². The molecule has 0 aliphatic rings. The minimum absolute atomic E-state index is 0.0511. The number of ether oxygens (including phenoxy) is 1. The van der Waals surface area contributed by atoms with Gasteiger partial charge in [-0.25, -0.2) is 4.79 Å². The summed E-state index contributed by atoms with van der Waals surface area (Å²) in [5, 5.41) is 11.9. The molecule has 1 atom stereocenters. The molecule has 4 nitrogen and oxygen atoms in total. The number of alkyl carbamates (subject to hydrolysis) is 1. The first-order chi connectivity index (χ1) is 9.09. The first kappa shape index (κ1) is 15.5. The summed E-state index contributed by atoms with van der Waals surface area (Å²) >= 11 is 0. The normalized spacial score (nSPS) is 13.6. The second-order valence-corrected chi connectivity index (χ2v) is 4.97. The number of hydrogen-bond acceptors (Lipinski definition) is 3. The van der Waals surface area contributed by atoms with Gasteiger partial charge in [0, 0.05) is 12.1 Å². The van der Waals surface area contributed by atoms with Crippen LogP contribution >= 0.6 is 0 Å². The Hall–Kier alpha value is -1.55. The zero-order valence-electron chi connectivity index (χ0n) is 11.7. The van der Waals surface area contributed by atoms with E-state index in [-0.39, 0.29) is 13.2 Å². The molecule has 106 valence electrons. The molecule has 0 saturated heterocycles. The Kier molecular flexibility index (Phi) is 6.36. The van der Waals surface area contributed by atoms with E-state index in [0.717, 1.165) is 18.4 Å². The molecule has 1 rings (SSSR count). The van der Waals surface area contributed by atoms with E-state index in [1.807, 2.05) is 44.2 Å². The number of carbonyl (C=O) groups is 1. The maximum atomic E-state index is 11.8. The van der Waals surface area contributed by atoms with Crippen molar-refractivity contribution in [1.29, 1.82) is 0 Å². The van der Waals surface area contributed by atoms with E-state index >= 15 is 0 Å². The van der Waals surface area contributed by atoms with Crippen molar-refractivity contribution in [3.8, 4) is 0 Å². The number of benzene rings is 1. The zero-order valence-corrected chi connectivity index (χ0v) is 11.7. The molecule has 1 aromatic carbocycles. The van der Waals surface area contributed by atoms with Gasteiger partial charge >= 0.3 is 6.09 Å². The van der Waals surface area contributed by atoms with Crippen LogP contribution < -0.4 is 5.32 Å². The molecule has 19 heavy (non-hydrogen) atoms. The molecule has 0 aliphatic heterocycles. The Bertz CT molecular complexity index is 372. The van der Waals surface area contributed by atoms with Crippen LogP contribution in [0.2, 0.25) is 0 Å². The van der Waals surface area contributed by atoms with Gasteiger partial charge in [-0.2, -0.15) is 0 Å². The summed E-state index contributed by atoms with van der Waals surface area (Å²) in [5.41, 5.74) is 0.550. The maximum Gasteiger partial charge on any atom is 0.407 e. The average molecular weight is 265 g/mol. The molecule has 1 aromatic rings. The van der Waals surface area contributed by atoms with Gasteiger partial charge in [0.1, 0.15) is 6.61 Å². The Morgan fingerprint density at radius 3 is 2.58 bits per heavy atom. The highest BCUT2D eigenvalue weighted by molar-refractivity contribution is 5.68. The van der Waals surface area contributed by atoms with Gasteiger partial charge in [-0.3, -0.25) is 0 Å². The van der Waals surface area contributed by atoms with Crippen LogP contribution in [0.1, 0.15) is 38.7 Å². The second kappa shape index (κ2) is 7.79. The third kappa shape index (κ3) is 5.75. The molecule has 2 N–H and O–H groups in total. The molecule has 0 aromatic heterocycles. The van der Waals surface area contributed by atoms with Gasteiger partial charge < -0.3 is 15.2 Å². The van der Waals surface area contributed by atoms with Crippen molar-refractivity contribution in [2.24, 2.45) is 0 Å². The average Bonchev–Trinajstić information content (AvgIpc) is 2.38. The van der Waals surface area contributed by atoms with Gasteiger partial charge in [-0.1, -0.05) is 43.7 Å². The highest BCUT2D eigenvalue weighted by atomic mass is 16.5.